The van der Waals surface area contributed by atoms with Crippen LogP contribution in [0.1, 0.15) is 10.4 Å². The first-order valence-corrected chi connectivity index (χ1v) is 5.76. The Kier molecular flexibility index (Phi) is 4.07. The van der Waals surface area contributed by atoms with E-state index in [1.54, 1.807) is 0 Å². The first-order chi connectivity index (χ1) is 10.0. The van der Waals surface area contributed by atoms with Crippen LogP contribution in [0.15, 0.2) is 36.5 Å². The lowest BCUT2D eigenvalue weighted by Gasteiger charge is -2.06. The summed E-state index contributed by atoms with van der Waals surface area (Å²) < 4.78 is 18.5. The van der Waals surface area contributed by atoms with Gasteiger partial charge in [-0.15, -0.1) is 0 Å². The number of carbonyl (C=O) groups is 1. The van der Waals surface area contributed by atoms with E-state index >= 15 is 0 Å². The fraction of sp³-hybridized carbons (Fsp3) is 0.0769. The van der Waals surface area contributed by atoms with Crippen molar-refractivity contribution in [1.29, 1.82) is 0 Å². The molecule has 0 spiro atoms. The number of rotatable bonds is 4. The first-order valence-electron chi connectivity index (χ1n) is 5.76. The van der Waals surface area contributed by atoms with Crippen molar-refractivity contribution in [2.45, 2.75) is 0 Å². The number of aromatic nitrogens is 1. The Hall–Kier alpha value is -3.03. The van der Waals surface area contributed by atoms with Gasteiger partial charge >= 0.3 is 0 Å². The van der Waals surface area contributed by atoms with Crippen molar-refractivity contribution in [1.82, 2.24) is 4.98 Å². The van der Waals surface area contributed by atoms with E-state index in [1.807, 2.05) is 0 Å². The van der Waals surface area contributed by atoms with Crippen LogP contribution in [0.2, 0.25) is 0 Å². The average molecular weight is 291 g/mol. The highest BCUT2D eigenvalue weighted by Crippen LogP contribution is 2.18. The summed E-state index contributed by atoms with van der Waals surface area (Å²) >= 11 is 0. The Balaban J connectivity index is 2.17. The quantitative estimate of drug-likeness (QED) is 0.689. The van der Waals surface area contributed by atoms with Crippen LogP contribution in [0.3, 0.4) is 0 Å². The molecule has 0 aliphatic rings. The highest BCUT2D eigenvalue weighted by atomic mass is 19.1. The number of methoxy groups -OCH3 is 1. The molecule has 0 fully saturated rings. The molecule has 108 valence electrons. The fourth-order valence-electron chi connectivity index (χ4n) is 1.58. The minimum Gasteiger partial charge on any atom is -0.481 e. The molecule has 0 radical (unpaired) electrons. The molecule has 1 amide bonds. The van der Waals surface area contributed by atoms with Gasteiger partial charge in [-0.3, -0.25) is 14.9 Å². The third kappa shape index (κ3) is 3.30. The number of hydrogen-bond donors (Lipinski definition) is 1. The molecule has 0 saturated carbocycles. The van der Waals surface area contributed by atoms with E-state index in [-0.39, 0.29) is 5.56 Å². The highest BCUT2D eigenvalue weighted by Gasteiger charge is 2.16. The van der Waals surface area contributed by atoms with Gasteiger partial charge in [0.1, 0.15) is 5.82 Å². The summed E-state index contributed by atoms with van der Waals surface area (Å²) in [5.74, 6) is -1.33. The van der Waals surface area contributed by atoms with E-state index in [9.17, 15) is 19.3 Å². The lowest BCUT2D eigenvalue weighted by Crippen LogP contribution is -2.14. The number of pyridine rings is 1. The number of nitro benzene ring substituents is 1. The Bertz CT molecular complexity index is 688. The summed E-state index contributed by atoms with van der Waals surface area (Å²) in [6.45, 7) is 0. The number of nitrogens with one attached hydrogen (secondary N) is 1. The number of ether oxygens (including phenoxy) is 1. The number of anilines is 1. The average Bonchev–Trinajstić information content (AvgIpc) is 2.47. The number of halogens is 1. The lowest BCUT2D eigenvalue weighted by molar-refractivity contribution is -0.385. The van der Waals surface area contributed by atoms with Gasteiger partial charge in [-0.1, -0.05) is 0 Å². The zero-order chi connectivity index (χ0) is 15.4. The van der Waals surface area contributed by atoms with E-state index in [2.05, 4.69) is 10.3 Å². The molecular formula is C13H10FN3O4. The molecule has 0 bridgehead atoms. The predicted octanol–water partition coefficient (Wildman–Crippen LogP) is 2.39. The number of carbonyl (C=O) groups excluding carboxylic acids is 1. The van der Waals surface area contributed by atoms with Gasteiger partial charge in [0, 0.05) is 12.1 Å². The molecule has 8 heteroatoms. The first kappa shape index (κ1) is 14.4. The second-order valence-electron chi connectivity index (χ2n) is 3.96. The second kappa shape index (κ2) is 5.95. The number of nitro groups is 1. The third-order valence-corrected chi connectivity index (χ3v) is 2.61. The van der Waals surface area contributed by atoms with Gasteiger partial charge in [-0.2, -0.15) is 0 Å². The summed E-state index contributed by atoms with van der Waals surface area (Å²) in [6.07, 6.45) is 1.35. The van der Waals surface area contributed by atoms with Crippen LogP contribution >= 0.6 is 0 Å². The zero-order valence-corrected chi connectivity index (χ0v) is 10.9. The molecule has 1 heterocycles. The topological polar surface area (TPSA) is 94.4 Å². The van der Waals surface area contributed by atoms with Gasteiger partial charge in [0.2, 0.25) is 5.88 Å². The van der Waals surface area contributed by atoms with Gasteiger partial charge in [-0.05, 0) is 12.1 Å². The van der Waals surface area contributed by atoms with Crippen molar-refractivity contribution >= 4 is 17.3 Å². The Morgan fingerprint density at radius 2 is 2.14 bits per heavy atom. The van der Waals surface area contributed by atoms with E-state index in [4.69, 9.17) is 4.74 Å². The van der Waals surface area contributed by atoms with Gasteiger partial charge in [0.25, 0.3) is 11.6 Å². The van der Waals surface area contributed by atoms with Crippen LogP contribution in [0, 0.1) is 15.9 Å². The maximum Gasteiger partial charge on any atom is 0.272 e. The third-order valence-electron chi connectivity index (χ3n) is 2.61. The molecule has 1 aromatic heterocycles. The van der Waals surface area contributed by atoms with Crippen molar-refractivity contribution in [2.24, 2.45) is 0 Å². The molecular weight excluding hydrogens is 281 g/mol. The lowest BCUT2D eigenvalue weighted by atomic mass is 10.1. The molecule has 0 aliphatic carbocycles. The van der Waals surface area contributed by atoms with E-state index in [1.165, 1.54) is 25.4 Å². The maximum atomic E-state index is 13.7. The van der Waals surface area contributed by atoms with Crippen molar-refractivity contribution in [2.75, 3.05) is 12.4 Å². The van der Waals surface area contributed by atoms with Crippen molar-refractivity contribution < 1.29 is 18.8 Å². The minimum atomic E-state index is -0.969. The van der Waals surface area contributed by atoms with Crippen LogP contribution in [0.4, 0.5) is 15.8 Å². The Labute approximate surface area is 118 Å². The van der Waals surface area contributed by atoms with Crippen LogP contribution < -0.4 is 10.1 Å². The van der Waals surface area contributed by atoms with Gasteiger partial charge in [0.05, 0.1) is 35.5 Å². The number of benzene rings is 1. The van der Waals surface area contributed by atoms with Crippen LogP contribution in [-0.4, -0.2) is 22.9 Å². The summed E-state index contributed by atoms with van der Waals surface area (Å²) in [4.78, 5) is 25.5. The summed E-state index contributed by atoms with van der Waals surface area (Å²) in [5, 5.41) is 12.9. The van der Waals surface area contributed by atoms with E-state index in [0.29, 0.717) is 17.6 Å². The molecule has 2 rings (SSSR count). The summed E-state index contributed by atoms with van der Waals surface area (Å²) in [5.41, 5.74) is -0.370. The largest absolute Gasteiger partial charge is 0.481 e. The van der Waals surface area contributed by atoms with E-state index in [0.717, 1.165) is 12.1 Å². The normalized spacial score (nSPS) is 10.0. The standard InChI is InChI=1S/C13H10FN3O4/c1-21-12-5-2-8(7-15-12)16-13(18)10-4-3-9(17(19)20)6-11(10)14/h2-7H,1H3,(H,16,18). The summed E-state index contributed by atoms with van der Waals surface area (Å²) in [6, 6.07) is 5.88. The number of non-ortho nitro benzene ring substituents is 1. The van der Waals surface area contributed by atoms with Gasteiger partial charge in [0.15, 0.2) is 0 Å². The predicted molar refractivity (Wildman–Crippen MR) is 71.8 cm³/mol. The minimum absolute atomic E-state index is 0.295. The van der Waals surface area contributed by atoms with Crippen LogP contribution in [-0.2, 0) is 0 Å². The number of hydrogen-bond acceptors (Lipinski definition) is 5. The molecule has 0 unspecified atom stereocenters. The molecule has 0 saturated heterocycles. The van der Waals surface area contributed by atoms with Crippen molar-refractivity contribution in [3.05, 3.63) is 58.0 Å². The fourth-order valence-corrected chi connectivity index (χ4v) is 1.58. The molecule has 1 aromatic carbocycles. The molecule has 1 N–H and O–H groups in total. The van der Waals surface area contributed by atoms with Gasteiger partial charge in [-0.25, -0.2) is 9.37 Å². The van der Waals surface area contributed by atoms with Crippen molar-refractivity contribution in [3.63, 3.8) is 0 Å². The van der Waals surface area contributed by atoms with Gasteiger partial charge < -0.3 is 10.1 Å². The zero-order valence-electron chi connectivity index (χ0n) is 10.9. The SMILES string of the molecule is COc1ccc(NC(=O)c2ccc([N+](=O)[O-])cc2F)cn1. The highest BCUT2D eigenvalue weighted by molar-refractivity contribution is 6.04. The second-order valence-corrected chi connectivity index (χ2v) is 3.96. The monoisotopic (exact) mass is 291 g/mol. The van der Waals surface area contributed by atoms with Crippen molar-refractivity contribution in [3.8, 4) is 5.88 Å². The molecule has 2 aromatic rings. The van der Waals surface area contributed by atoms with Crippen LogP contribution in [0.25, 0.3) is 0 Å². The Morgan fingerprint density at radius 1 is 1.38 bits per heavy atom. The maximum absolute atomic E-state index is 13.7. The molecule has 7 nitrogen and oxygen atoms in total. The molecule has 0 atom stereocenters. The molecule has 0 aliphatic heterocycles. The number of nitrogens with zero attached hydrogens (tertiary/aromatic N) is 2. The molecule has 21 heavy (non-hydrogen) atoms. The number of amides is 1. The van der Waals surface area contributed by atoms with Crippen LogP contribution in [0.5, 0.6) is 5.88 Å². The smallest absolute Gasteiger partial charge is 0.272 e. The summed E-state index contributed by atoms with van der Waals surface area (Å²) in [7, 11) is 1.45. The van der Waals surface area contributed by atoms with E-state index < -0.39 is 22.3 Å². The Morgan fingerprint density at radius 3 is 2.67 bits per heavy atom.